The van der Waals surface area contributed by atoms with Crippen molar-refractivity contribution >= 4 is 21.9 Å². The van der Waals surface area contributed by atoms with Crippen LogP contribution >= 0.6 is 0 Å². The molecule has 1 aromatic rings. The summed E-state index contributed by atoms with van der Waals surface area (Å²) in [6.45, 7) is 0. The third kappa shape index (κ3) is 4.34. The van der Waals surface area contributed by atoms with E-state index in [-0.39, 0.29) is 23.4 Å². The van der Waals surface area contributed by atoms with Crippen molar-refractivity contribution in [1.29, 1.82) is 0 Å². The molecule has 0 aromatic heterocycles. The fraction of sp³-hybridized carbons (Fsp3) is 0.308. The van der Waals surface area contributed by atoms with Gasteiger partial charge in [0.15, 0.2) is 9.84 Å². The molecule has 1 atom stereocenters. The van der Waals surface area contributed by atoms with Crippen molar-refractivity contribution in [1.82, 2.24) is 10.6 Å². The summed E-state index contributed by atoms with van der Waals surface area (Å²) in [6.07, 6.45) is 3.37. The van der Waals surface area contributed by atoms with Crippen molar-refractivity contribution in [2.75, 3.05) is 11.5 Å². The van der Waals surface area contributed by atoms with Gasteiger partial charge in [0.05, 0.1) is 11.5 Å². The van der Waals surface area contributed by atoms with Crippen molar-refractivity contribution in [3.8, 4) is 0 Å². The standard InChI is InChI=1S/C13H15FN2O3S/c14-11-3-1-2-10(8-11)4-6-15-13(17)16-12-5-7-20(18,19)9-12/h1-4,6,8,12H,5,7,9H2,(H2,15,16,17)/b6-4+. The molecule has 5 nitrogen and oxygen atoms in total. The minimum absolute atomic E-state index is 0.0198. The zero-order valence-corrected chi connectivity index (χ0v) is 11.5. The van der Waals surface area contributed by atoms with Crippen molar-refractivity contribution < 1.29 is 17.6 Å². The molecule has 1 aromatic carbocycles. The SMILES string of the molecule is O=C(N/C=C/c1cccc(F)c1)NC1CCS(=O)(=O)C1. The lowest BCUT2D eigenvalue weighted by molar-refractivity contribution is 0.241. The molecular formula is C13H15FN2O3S. The molecule has 1 aliphatic heterocycles. The lowest BCUT2D eigenvalue weighted by Crippen LogP contribution is -2.40. The van der Waals surface area contributed by atoms with Crippen LogP contribution < -0.4 is 10.6 Å². The Kier molecular flexibility index (Phi) is 4.39. The Bertz CT molecular complexity index is 628. The number of amides is 2. The minimum atomic E-state index is -3.01. The zero-order valence-electron chi connectivity index (χ0n) is 10.7. The molecule has 1 aliphatic rings. The quantitative estimate of drug-likeness (QED) is 0.882. The van der Waals surface area contributed by atoms with Crippen LogP contribution in [-0.2, 0) is 9.84 Å². The van der Waals surface area contributed by atoms with E-state index in [1.165, 1.54) is 18.3 Å². The second-order valence-corrected chi connectivity index (χ2v) is 6.83. The number of hydrogen-bond donors (Lipinski definition) is 2. The number of hydrogen-bond acceptors (Lipinski definition) is 3. The molecule has 2 amide bonds. The summed E-state index contributed by atoms with van der Waals surface area (Å²) >= 11 is 0. The number of urea groups is 1. The van der Waals surface area contributed by atoms with E-state index in [1.54, 1.807) is 18.2 Å². The molecule has 0 saturated carbocycles. The third-order valence-electron chi connectivity index (χ3n) is 2.91. The lowest BCUT2D eigenvalue weighted by atomic mass is 10.2. The van der Waals surface area contributed by atoms with Crippen molar-refractivity contribution in [2.24, 2.45) is 0 Å². The topological polar surface area (TPSA) is 75.3 Å². The van der Waals surface area contributed by atoms with Gasteiger partial charge in [-0.1, -0.05) is 12.1 Å². The van der Waals surface area contributed by atoms with E-state index in [0.717, 1.165) is 0 Å². The van der Waals surface area contributed by atoms with Gasteiger partial charge in [0.25, 0.3) is 0 Å². The molecular weight excluding hydrogens is 283 g/mol. The number of rotatable bonds is 3. The van der Waals surface area contributed by atoms with Crippen LogP contribution in [0.1, 0.15) is 12.0 Å². The summed E-state index contributed by atoms with van der Waals surface area (Å²) in [5.74, 6) is -0.266. The Morgan fingerprint density at radius 3 is 2.85 bits per heavy atom. The smallest absolute Gasteiger partial charge is 0.319 e. The summed E-state index contributed by atoms with van der Waals surface area (Å²) in [5.41, 5.74) is 0.619. The van der Waals surface area contributed by atoms with Crippen LogP contribution in [0.4, 0.5) is 9.18 Å². The van der Waals surface area contributed by atoms with E-state index in [9.17, 15) is 17.6 Å². The summed E-state index contributed by atoms with van der Waals surface area (Å²) in [6, 6.07) is 5.11. The van der Waals surface area contributed by atoms with Gasteiger partial charge in [-0.05, 0) is 30.2 Å². The molecule has 0 radical (unpaired) electrons. The van der Waals surface area contributed by atoms with E-state index in [1.807, 2.05) is 0 Å². The molecule has 2 N–H and O–H groups in total. The fourth-order valence-corrected chi connectivity index (χ4v) is 3.63. The Balaban J connectivity index is 1.81. The van der Waals surface area contributed by atoms with Gasteiger partial charge in [-0.25, -0.2) is 17.6 Å². The van der Waals surface area contributed by atoms with Crippen molar-refractivity contribution in [3.63, 3.8) is 0 Å². The molecule has 1 saturated heterocycles. The molecule has 1 unspecified atom stereocenters. The largest absolute Gasteiger partial charge is 0.334 e. The number of carbonyl (C=O) groups excluding carboxylic acids is 1. The van der Waals surface area contributed by atoms with Crippen LogP contribution in [0.3, 0.4) is 0 Å². The summed E-state index contributed by atoms with van der Waals surface area (Å²) < 4.78 is 35.4. The average molecular weight is 298 g/mol. The highest BCUT2D eigenvalue weighted by atomic mass is 32.2. The number of carbonyl (C=O) groups is 1. The molecule has 2 rings (SSSR count). The number of sulfone groups is 1. The first-order chi connectivity index (χ1) is 9.44. The maximum Gasteiger partial charge on any atom is 0.319 e. The first kappa shape index (κ1) is 14.5. The number of halogens is 1. The monoisotopic (exact) mass is 298 g/mol. The van der Waals surface area contributed by atoms with Crippen LogP contribution in [0.5, 0.6) is 0 Å². The second-order valence-electron chi connectivity index (χ2n) is 4.61. The highest BCUT2D eigenvalue weighted by Gasteiger charge is 2.28. The molecule has 0 aliphatic carbocycles. The Morgan fingerprint density at radius 1 is 1.40 bits per heavy atom. The van der Waals surface area contributed by atoms with Gasteiger partial charge in [0, 0.05) is 12.2 Å². The van der Waals surface area contributed by atoms with Crippen LogP contribution in [-0.4, -0.2) is 32.0 Å². The van der Waals surface area contributed by atoms with Crippen molar-refractivity contribution in [2.45, 2.75) is 12.5 Å². The van der Waals surface area contributed by atoms with E-state index < -0.39 is 15.9 Å². The molecule has 7 heteroatoms. The summed E-state index contributed by atoms with van der Waals surface area (Å²) in [4.78, 5) is 11.5. The Morgan fingerprint density at radius 2 is 2.20 bits per heavy atom. The van der Waals surface area contributed by atoms with E-state index in [2.05, 4.69) is 10.6 Å². The Labute approximate surface area is 116 Å². The van der Waals surface area contributed by atoms with E-state index in [0.29, 0.717) is 12.0 Å². The van der Waals surface area contributed by atoms with Gasteiger partial charge in [-0.3, -0.25) is 0 Å². The van der Waals surface area contributed by atoms with Crippen LogP contribution in [0, 0.1) is 5.82 Å². The third-order valence-corrected chi connectivity index (χ3v) is 4.67. The normalized spacial score (nSPS) is 20.9. The molecule has 1 fully saturated rings. The zero-order chi connectivity index (χ0) is 14.6. The maximum absolute atomic E-state index is 12.9. The molecule has 0 bridgehead atoms. The fourth-order valence-electron chi connectivity index (χ4n) is 1.96. The Hall–Kier alpha value is -1.89. The molecule has 1 heterocycles. The van der Waals surface area contributed by atoms with Gasteiger partial charge in [-0.15, -0.1) is 0 Å². The summed E-state index contributed by atoms with van der Waals surface area (Å²) in [7, 11) is -3.01. The predicted octanol–water partition coefficient (Wildman–Crippen LogP) is 1.28. The van der Waals surface area contributed by atoms with Crippen LogP contribution in [0.15, 0.2) is 30.5 Å². The van der Waals surface area contributed by atoms with Gasteiger partial charge in [-0.2, -0.15) is 0 Å². The van der Waals surface area contributed by atoms with E-state index in [4.69, 9.17) is 0 Å². The number of benzene rings is 1. The maximum atomic E-state index is 12.9. The minimum Gasteiger partial charge on any atom is -0.334 e. The lowest BCUT2D eigenvalue weighted by Gasteiger charge is -2.09. The van der Waals surface area contributed by atoms with E-state index >= 15 is 0 Å². The van der Waals surface area contributed by atoms with Gasteiger partial charge in [0.1, 0.15) is 5.82 Å². The number of nitrogens with one attached hydrogen (secondary N) is 2. The van der Waals surface area contributed by atoms with Crippen LogP contribution in [0.2, 0.25) is 0 Å². The molecule has 0 spiro atoms. The van der Waals surface area contributed by atoms with Gasteiger partial charge in [0.2, 0.25) is 0 Å². The first-order valence-corrected chi connectivity index (χ1v) is 7.96. The van der Waals surface area contributed by atoms with Crippen LogP contribution in [0.25, 0.3) is 6.08 Å². The highest BCUT2D eigenvalue weighted by Crippen LogP contribution is 2.10. The van der Waals surface area contributed by atoms with Gasteiger partial charge < -0.3 is 10.6 Å². The van der Waals surface area contributed by atoms with Gasteiger partial charge >= 0.3 is 6.03 Å². The first-order valence-electron chi connectivity index (χ1n) is 6.14. The summed E-state index contributed by atoms with van der Waals surface area (Å²) in [5, 5.41) is 5.03. The van der Waals surface area contributed by atoms with Crippen molar-refractivity contribution in [3.05, 3.63) is 41.8 Å². The average Bonchev–Trinajstić information content (AvgIpc) is 2.68. The highest BCUT2D eigenvalue weighted by molar-refractivity contribution is 7.91. The predicted molar refractivity (Wildman–Crippen MR) is 74.2 cm³/mol. The molecule has 108 valence electrons. The second kappa shape index (κ2) is 6.04. The molecule has 20 heavy (non-hydrogen) atoms.